The fourth-order valence-corrected chi connectivity index (χ4v) is 2.68. The first-order valence-corrected chi connectivity index (χ1v) is 7.29. The quantitative estimate of drug-likeness (QED) is 0.881. The molecule has 1 aromatic carbocycles. The lowest BCUT2D eigenvalue weighted by Crippen LogP contribution is -2.46. The van der Waals surface area contributed by atoms with Crippen molar-refractivity contribution in [2.75, 3.05) is 32.8 Å². The Kier molecular flexibility index (Phi) is 5.37. The Balaban J connectivity index is 1.82. The topological polar surface area (TPSA) is 24.5 Å². The Morgan fingerprint density at radius 2 is 1.89 bits per heavy atom. The first-order valence-electron chi connectivity index (χ1n) is 7.29. The van der Waals surface area contributed by atoms with Gasteiger partial charge in [0.1, 0.15) is 0 Å². The molecule has 0 unspecified atom stereocenters. The van der Waals surface area contributed by atoms with Crippen molar-refractivity contribution in [3.63, 3.8) is 0 Å². The molecule has 3 heteroatoms. The molecule has 2 rings (SSSR count). The molecule has 0 spiro atoms. The Labute approximate surface area is 116 Å². The number of aryl methyl sites for hydroxylation is 1. The molecule has 1 aromatic rings. The van der Waals surface area contributed by atoms with Crippen molar-refractivity contribution in [3.8, 4) is 0 Å². The summed E-state index contributed by atoms with van der Waals surface area (Å²) in [5.41, 5.74) is 2.76. The van der Waals surface area contributed by atoms with Gasteiger partial charge in [-0.1, -0.05) is 24.3 Å². The summed E-state index contributed by atoms with van der Waals surface area (Å²) in [5.74, 6) is 0. The number of benzene rings is 1. The zero-order valence-electron chi connectivity index (χ0n) is 12.4. The Hall–Kier alpha value is -0.900. The van der Waals surface area contributed by atoms with Gasteiger partial charge in [0.15, 0.2) is 0 Å². The third kappa shape index (κ3) is 4.03. The van der Waals surface area contributed by atoms with Crippen molar-refractivity contribution in [2.24, 2.45) is 0 Å². The highest BCUT2D eigenvalue weighted by molar-refractivity contribution is 5.28. The van der Waals surface area contributed by atoms with Crippen LogP contribution in [0.25, 0.3) is 0 Å². The highest BCUT2D eigenvalue weighted by atomic mass is 16.5. The standard InChI is InChI=1S/C16H26N2O/c1-13-6-4-5-7-16(13)15(3)17-12-14(2)18-8-10-19-11-9-18/h4-7,14-15,17H,8-12H2,1-3H3/t14-,15-/m0/s1. The molecule has 19 heavy (non-hydrogen) atoms. The molecule has 0 saturated carbocycles. The summed E-state index contributed by atoms with van der Waals surface area (Å²) in [7, 11) is 0. The molecule has 1 aliphatic heterocycles. The molecule has 0 aromatic heterocycles. The van der Waals surface area contributed by atoms with Gasteiger partial charge in [-0.3, -0.25) is 4.90 Å². The van der Waals surface area contributed by atoms with Crippen molar-refractivity contribution in [1.29, 1.82) is 0 Å². The molecule has 1 N–H and O–H groups in total. The van der Waals surface area contributed by atoms with E-state index in [-0.39, 0.29) is 0 Å². The molecule has 106 valence electrons. The number of morpholine rings is 1. The largest absolute Gasteiger partial charge is 0.379 e. The van der Waals surface area contributed by atoms with Gasteiger partial charge in [0.2, 0.25) is 0 Å². The van der Waals surface area contributed by atoms with Crippen molar-refractivity contribution >= 4 is 0 Å². The maximum absolute atomic E-state index is 5.40. The minimum atomic E-state index is 0.407. The maximum Gasteiger partial charge on any atom is 0.0594 e. The number of nitrogens with zero attached hydrogens (tertiary/aromatic N) is 1. The molecule has 2 atom stereocenters. The summed E-state index contributed by atoms with van der Waals surface area (Å²) in [5, 5.41) is 3.65. The molecule has 1 saturated heterocycles. The summed E-state index contributed by atoms with van der Waals surface area (Å²) in [6.45, 7) is 11.6. The molecular weight excluding hydrogens is 236 g/mol. The fourth-order valence-electron chi connectivity index (χ4n) is 2.68. The van der Waals surface area contributed by atoms with E-state index in [0.29, 0.717) is 12.1 Å². The average Bonchev–Trinajstić information content (AvgIpc) is 2.46. The summed E-state index contributed by atoms with van der Waals surface area (Å²) in [4.78, 5) is 2.50. The highest BCUT2D eigenvalue weighted by Gasteiger charge is 2.17. The van der Waals surface area contributed by atoms with Crippen LogP contribution in [0.1, 0.15) is 31.0 Å². The smallest absolute Gasteiger partial charge is 0.0594 e. The lowest BCUT2D eigenvalue weighted by molar-refractivity contribution is 0.0200. The third-order valence-corrected chi connectivity index (χ3v) is 4.04. The SMILES string of the molecule is Cc1ccccc1[C@H](C)NC[C@H](C)N1CCOCC1. The number of hydrogen-bond donors (Lipinski definition) is 1. The van der Waals surface area contributed by atoms with Gasteiger partial charge in [-0.05, 0) is 31.9 Å². The van der Waals surface area contributed by atoms with E-state index in [4.69, 9.17) is 4.74 Å². The molecular formula is C16H26N2O. The number of nitrogens with one attached hydrogen (secondary N) is 1. The van der Waals surface area contributed by atoms with Gasteiger partial charge in [-0.15, -0.1) is 0 Å². The lowest BCUT2D eigenvalue weighted by Gasteiger charge is -2.33. The second-order valence-corrected chi connectivity index (χ2v) is 5.48. The second kappa shape index (κ2) is 7.04. The molecule has 1 fully saturated rings. The Bertz CT molecular complexity index is 388. The molecule has 0 amide bonds. The van der Waals surface area contributed by atoms with Crippen LogP contribution in [0.15, 0.2) is 24.3 Å². The van der Waals surface area contributed by atoms with Crippen LogP contribution in [0.4, 0.5) is 0 Å². The van der Waals surface area contributed by atoms with Crippen molar-refractivity contribution in [3.05, 3.63) is 35.4 Å². The first-order chi connectivity index (χ1) is 9.18. The van der Waals surface area contributed by atoms with Crippen molar-refractivity contribution < 1.29 is 4.74 Å². The van der Waals surface area contributed by atoms with Gasteiger partial charge in [0.05, 0.1) is 13.2 Å². The van der Waals surface area contributed by atoms with E-state index >= 15 is 0 Å². The molecule has 3 nitrogen and oxygen atoms in total. The molecule has 1 heterocycles. The van der Waals surface area contributed by atoms with Crippen LogP contribution in [0.5, 0.6) is 0 Å². The summed E-state index contributed by atoms with van der Waals surface area (Å²) in [6, 6.07) is 9.58. The van der Waals surface area contributed by atoms with E-state index in [1.54, 1.807) is 0 Å². The Morgan fingerprint density at radius 3 is 2.58 bits per heavy atom. The number of rotatable bonds is 5. The van der Waals surface area contributed by atoms with Crippen LogP contribution in [0.2, 0.25) is 0 Å². The van der Waals surface area contributed by atoms with Gasteiger partial charge in [0, 0.05) is 31.7 Å². The lowest BCUT2D eigenvalue weighted by atomic mass is 10.0. The van der Waals surface area contributed by atoms with Crippen LogP contribution < -0.4 is 5.32 Å². The van der Waals surface area contributed by atoms with Crippen LogP contribution in [0, 0.1) is 6.92 Å². The highest BCUT2D eigenvalue weighted by Crippen LogP contribution is 2.16. The van der Waals surface area contributed by atoms with Crippen molar-refractivity contribution in [1.82, 2.24) is 10.2 Å². The van der Waals surface area contributed by atoms with E-state index < -0.39 is 0 Å². The van der Waals surface area contributed by atoms with Gasteiger partial charge in [-0.2, -0.15) is 0 Å². The van der Waals surface area contributed by atoms with Gasteiger partial charge < -0.3 is 10.1 Å². The summed E-state index contributed by atoms with van der Waals surface area (Å²) in [6.07, 6.45) is 0. The van der Waals surface area contributed by atoms with E-state index in [1.807, 2.05) is 0 Å². The normalized spacial score (nSPS) is 20.2. The van der Waals surface area contributed by atoms with Crippen LogP contribution in [-0.2, 0) is 4.74 Å². The predicted octanol–water partition coefficient (Wildman–Crippen LogP) is 2.37. The number of hydrogen-bond acceptors (Lipinski definition) is 3. The van der Waals surface area contributed by atoms with E-state index in [9.17, 15) is 0 Å². The molecule has 0 bridgehead atoms. The van der Waals surface area contributed by atoms with Gasteiger partial charge in [0.25, 0.3) is 0 Å². The Morgan fingerprint density at radius 1 is 1.21 bits per heavy atom. The minimum Gasteiger partial charge on any atom is -0.379 e. The van der Waals surface area contributed by atoms with Crippen LogP contribution in [0.3, 0.4) is 0 Å². The van der Waals surface area contributed by atoms with E-state index in [2.05, 4.69) is 55.3 Å². The summed E-state index contributed by atoms with van der Waals surface area (Å²) < 4.78 is 5.40. The first kappa shape index (κ1) is 14.5. The third-order valence-electron chi connectivity index (χ3n) is 4.04. The summed E-state index contributed by atoms with van der Waals surface area (Å²) >= 11 is 0. The van der Waals surface area contributed by atoms with Gasteiger partial charge in [-0.25, -0.2) is 0 Å². The van der Waals surface area contributed by atoms with Crippen molar-refractivity contribution in [2.45, 2.75) is 32.9 Å². The van der Waals surface area contributed by atoms with E-state index in [1.165, 1.54) is 11.1 Å². The fraction of sp³-hybridized carbons (Fsp3) is 0.625. The second-order valence-electron chi connectivity index (χ2n) is 5.48. The molecule has 0 aliphatic carbocycles. The van der Waals surface area contributed by atoms with E-state index in [0.717, 1.165) is 32.8 Å². The minimum absolute atomic E-state index is 0.407. The van der Waals surface area contributed by atoms with Crippen LogP contribution in [-0.4, -0.2) is 43.8 Å². The average molecular weight is 262 g/mol. The zero-order valence-corrected chi connectivity index (χ0v) is 12.4. The van der Waals surface area contributed by atoms with Crippen LogP contribution >= 0.6 is 0 Å². The number of ether oxygens (including phenoxy) is 1. The molecule has 1 aliphatic rings. The maximum atomic E-state index is 5.40. The predicted molar refractivity (Wildman–Crippen MR) is 79.5 cm³/mol. The van der Waals surface area contributed by atoms with Gasteiger partial charge >= 0.3 is 0 Å². The zero-order chi connectivity index (χ0) is 13.7. The monoisotopic (exact) mass is 262 g/mol. The molecule has 0 radical (unpaired) electrons.